The average molecular weight is 165 g/mol. The van der Waals surface area contributed by atoms with Gasteiger partial charge in [0.25, 0.3) is 0 Å². The van der Waals surface area contributed by atoms with Gasteiger partial charge in [-0.3, -0.25) is 0 Å². The minimum absolute atomic E-state index is 0.547. The fourth-order valence-corrected chi connectivity index (χ4v) is 1.31. The van der Waals surface area contributed by atoms with Gasteiger partial charge < -0.3 is 5.73 Å². The number of hydrogen-bond acceptors (Lipinski definition) is 1. The highest BCUT2D eigenvalue weighted by Crippen LogP contribution is 2.19. The SMILES string of the molecule is C=C/C=C(\C=C)[C@@H](CC)CCN. The molecular weight excluding hydrogens is 146 g/mol. The Kier molecular flexibility index (Phi) is 6.39. The van der Waals surface area contributed by atoms with Crippen molar-refractivity contribution < 1.29 is 0 Å². The van der Waals surface area contributed by atoms with E-state index in [1.54, 1.807) is 6.08 Å². The van der Waals surface area contributed by atoms with Crippen LogP contribution in [0.2, 0.25) is 0 Å². The van der Waals surface area contributed by atoms with Gasteiger partial charge >= 0.3 is 0 Å². The van der Waals surface area contributed by atoms with Gasteiger partial charge in [0.15, 0.2) is 0 Å². The van der Waals surface area contributed by atoms with Gasteiger partial charge in [0.05, 0.1) is 0 Å². The van der Waals surface area contributed by atoms with E-state index in [9.17, 15) is 0 Å². The summed E-state index contributed by atoms with van der Waals surface area (Å²) in [6.07, 6.45) is 7.85. The number of rotatable bonds is 6. The normalized spacial score (nSPS) is 14.0. The number of nitrogens with two attached hydrogens (primary N) is 1. The summed E-state index contributed by atoms with van der Waals surface area (Å²) in [5.41, 5.74) is 6.75. The van der Waals surface area contributed by atoms with Crippen molar-refractivity contribution in [2.75, 3.05) is 6.54 Å². The first-order valence-corrected chi connectivity index (χ1v) is 4.45. The summed E-state index contributed by atoms with van der Waals surface area (Å²) in [5.74, 6) is 0.547. The van der Waals surface area contributed by atoms with Crippen LogP contribution in [0.25, 0.3) is 0 Å². The van der Waals surface area contributed by atoms with Crippen LogP contribution in [0.1, 0.15) is 19.8 Å². The van der Waals surface area contributed by atoms with Crippen molar-refractivity contribution in [3.63, 3.8) is 0 Å². The molecular formula is C11H19N. The van der Waals surface area contributed by atoms with E-state index in [0.29, 0.717) is 5.92 Å². The van der Waals surface area contributed by atoms with Crippen molar-refractivity contribution in [2.45, 2.75) is 19.8 Å². The summed E-state index contributed by atoms with van der Waals surface area (Å²) >= 11 is 0. The van der Waals surface area contributed by atoms with E-state index < -0.39 is 0 Å². The van der Waals surface area contributed by atoms with Gasteiger partial charge in [0, 0.05) is 0 Å². The molecule has 0 radical (unpaired) electrons. The van der Waals surface area contributed by atoms with Crippen LogP contribution in [0.4, 0.5) is 0 Å². The Balaban J connectivity index is 4.31. The predicted molar refractivity (Wildman–Crippen MR) is 55.9 cm³/mol. The smallest absolute Gasteiger partial charge is 0.00714 e. The van der Waals surface area contributed by atoms with Gasteiger partial charge in [-0.2, -0.15) is 0 Å². The molecule has 0 fully saturated rings. The largest absolute Gasteiger partial charge is 0.330 e. The molecule has 0 saturated carbocycles. The van der Waals surface area contributed by atoms with Crippen LogP contribution >= 0.6 is 0 Å². The highest BCUT2D eigenvalue weighted by atomic mass is 14.5. The first-order valence-electron chi connectivity index (χ1n) is 4.45. The van der Waals surface area contributed by atoms with Crippen LogP contribution < -0.4 is 5.73 Å². The Morgan fingerprint density at radius 2 is 2.17 bits per heavy atom. The third-order valence-corrected chi connectivity index (χ3v) is 2.03. The minimum Gasteiger partial charge on any atom is -0.330 e. The lowest BCUT2D eigenvalue weighted by atomic mass is 9.92. The number of hydrogen-bond donors (Lipinski definition) is 1. The quantitative estimate of drug-likeness (QED) is 0.602. The molecule has 1 nitrogen and oxygen atoms in total. The monoisotopic (exact) mass is 165 g/mol. The van der Waals surface area contributed by atoms with Gasteiger partial charge in [-0.05, 0) is 30.9 Å². The van der Waals surface area contributed by atoms with Crippen molar-refractivity contribution in [1.29, 1.82) is 0 Å². The van der Waals surface area contributed by atoms with E-state index in [-0.39, 0.29) is 0 Å². The van der Waals surface area contributed by atoms with Crippen LogP contribution in [-0.2, 0) is 0 Å². The Hall–Kier alpha value is -0.820. The molecule has 0 aliphatic rings. The first-order chi connectivity index (χ1) is 5.79. The van der Waals surface area contributed by atoms with Gasteiger partial charge in [-0.15, -0.1) is 0 Å². The molecule has 0 aromatic heterocycles. The van der Waals surface area contributed by atoms with Crippen molar-refractivity contribution >= 4 is 0 Å². The van der Waals surface area contributed by atoms with E-state index in [2.05, 4.69) is 20.1 Å². The van der Waals surface area contributed by atoms with E-state index in [0.717, 1.165) is 19.4 Å². The fourth-order valence-electron chi connectivity index (χ4n) is 1.31. The second-order valence-corrected chi connectivity index (χ2v) is 2.79. The summed E-state index contributed by atoms with van der Waals surface area (Å²) in [6.45, 7) is 10.3. The second-order valence-electron chi connectivity index (χ2n) is 2.79. The minimum atomic E-state index is 0.547. The zero-order valence-electron chi connectivity index (χ0n) is 7.92. The molecule has 0 aliphatic carbocycles. The molecule has 68 valence electrons. The van der Waals surface area contributed by atoms with Gasteiger partial charge in [0.1, 0.15) is 0 Å². The Labute approximate surface area is 75.7 Å². The van der Waals surface area contributed by atoms with E-state index in [4.69, 9.17) is 5.73 Å². The van der Waals surface area contributed by atoms with Crippen molar-refractivity contribution in [1.82, 2.24) is 0 Å². The maximum atomic E-state index is 5.51. The number of allylic oxidation sites excluding steroid dienone is 4. The highest BCUT2D eigenvalue weighted by Gasteiger charge is 2.06. The maximum Gasteiger partial charge on any atom is -0.00714 e. The molecule has 0 aliphatic heterocycles. The van der Waals surface area contributed by atoms with Crippen molar-refractivity contribution in [3.8, 4) is 0 Å². The zero-order chi connectivity index (χ0) is 9.40. The average Bonchev–Trinajstić information content (AvgIpc) is 2.11. The topological polar surface area (TPSA) is 26.0 Å². The maximum absolute atomic E-state index is 5.51. The Morgan fingerprint density at radius 1 is 1.50 bits per heavy atom. The third-order valence-electron chi connectivity index (χ3n) is 2.03. The summed E-state index contributed by atoms with van der Waals surface area (Å²) < 4.78 is 0. The molecule has 0 aromatic rings. The standard InChI is InChI=1S/C11H19N/c1-4-7-10(5-2)11(6-3)8-9-12/h4-5,7,11H,1-2,6,8-9,12H2,3H3/b10-7+/t11-/m0/s1. The van der Waals surface area contributed by atoms with E-state index >= 15 is 0 Å². The van der Waals surface area contributed by atoms with Crippen LogP contribution in [0.3, 0.4) is 0 Å². The first kappa shape index (κ1) is 11.2. The summed E-state index contributed by atoms with van der Waals surface area (Å²) in [5, 5.41) is 0. The molecule has 0 amide bonds. The van der Waals surface area contributed by atoms with Crippen molar-refractivity contribution in [3.05, 3.63) is 37.0 Å². The molecule has 1 heteroatoms. The molecule has 12 heavy (non-hydrogen) atoms. The molecule has 2 N–H and O–H groups in total. The summed E-state index contributed by atoms with van der Waals surface area (Å²) in [4.78, 5) is 0. The third kappa shape index (κ3) is 3.54. The fraction of sp³-hybridized carbons (Fsp3) is 0.455. The van der Waals surface area contributed by atoms with Crippen LogP contribution in [0.15, 0.2) is 37.0 Å². The molecule has 0 spiro atoms. The molecule has 0 saturated heterocycles. The van der Waals surface area contributed by atoms with Gasteiger partial charge in [-0.25, -0.2) is 0 Å². The lowest BCUT2D eigenvalue weighted by molar-refractivity contribution is 0.561. The van der Waals surface area contributed by atoms with E-state index in [1.165, 1.54) is 5.57 Å². The lowest BCUT2D eigenvalue weighted by Gasteiger charge is -2.14. The van der Waals surface area contributed by atoms with Crippen LogP contribution in [0, 0.1) is 5.92 Å². The molecule has 0 unspecified atom stereocenters. The van der Waals surface area contributed by atoms with Crippen molar-refractivity contribution in [2.24, 2.45) is 11.7 Å². The van der Waals surface area contributed by atoms with Gasteiger partial charge in [-0.1, -0.05) is 38.3 Å². The highest BCUT2D eigenvalue weighted by molar-refractivity contribution is 5.23. The van der Waals surface area contributed by atoms with Gasteiger partial charge in [0.2, 0.25) is 0 Å². The molecule has 0 rings (SSSR count). The van der Waals surface area contributed by atoms with Crippen LogP contribution in [0.5, 0.6) is 0 Å². The van der Waals surface area contributed by atoms with E-state index in [1.807, 2.05) is 12.2 Å². The Bertz CT molecular complexity index is 168. The predicted octanol–water partition coefficient (Wildman–Crippen LogP) is 2.66. The summed E-state index contributed by atoms with van der Waals surface area (Å²) in [6, 6.07) is 0. The summed E-state index contributed by atoms with van der Waals surface area (Å²) in [7, 11) is 0. The molecule has 0 aromatic carbocycles. The lowest BCUT2D eigenvalue weighted by Crippen LogP contribution is -2.09. The Morgan fingerprint density at radius 3 is 2.50 bits per heavy atom. The zero-order valence-corrected chi connectivity index (χ0v) is 7.92. The van der Waals surface area contributed by atoms with Crippen LogP contribution in [-0.4, -0.2) is 6.54 Å². The molecule has 0 bridgehead atoms. The molecule has 1 atom stereocenters. The second kappa shape index (κ2) is 6.86. The molecule has 0 heterocycles.